The Morgan fingerprint density at radius 2 is 2.04 bits per heavy atom. The van der Waals surface area contributed by atoms with Gasteiger partial charge in [0.05, 0.1) is 23.5 Å². The molecule has 0 aliphatic heterocycles. The van der Waals surface area contributed by atoms with E-state index in [4.69, 9.17) is 4.42 Å². The number of thiophene rings is 1. The van der Waals surface area contributed by atoms with E-state index in [2.05, 4.69) is 20.4 Å². The first-order chi connectivity index (χ1) is 13.7. The molecule has 3 heterocycles. The standard InChI is InChI=1S/C20H19N5O2S/c1-14-17(24-20(27-14)18-3-2-8-28-18)9-19(26)22-10-15-4-6-16(7-5-15)11-25-13-21-12-23-25/h2-8,12-13H,9-11H2,1H3,(H,22,26). The average molecular weight is 393 g/mol. The van der Waals surface area contributed by atoms with Gasteiger partial charge in [-0.05, 0) is 29.5 Å². The Morgan fingerprint density at radius 3 is 2.75 bits per heavy atom. The van der Waals surface area contributed by atoms with Gasteiger partial charge in [-0.3, -0.25) is 4.79 Å². The molecule has 1 amide bonds. The lowest BCUT2D eigenvalue weighted by Crippen LogP contribution is -2.25. The van der Waals surface area contributed by atoms with Crippen molar-refractivity contribution in [1.29, 1.82) is 0 Å². The van der Waals surface area contributed by atoms with Crippen molar-refractivity contribution in [3.8, 4) is 10.8 Å². The largest absolute Gasteiger partial charge is 0.440 e. The Balaban J connectivity index is 1.31. The first kappa shape index (κ1) is 18.1. The van der Waals surface area contributed by atoms with E-state index in [1.165, 1.54) is 6.33 Å². The highest BCUT2D eigenvalue weighted by molar-refractivity contribution is 7.13. The zero-order valence-corrected chi connectivity index (χ0v) is 16.1. The second-order valence-electron chi connectivity index (χ2n) is 6.36. The summed E-state index contributed by atoms with van der Waals surface area (Å²) >= 11 is 1.56. The van der Waals surface area contributed by atoms with E-state index in [9.17, 15) is 4.79 Å². The number of aryl methyl sites for hydroxylation is 1. The zero-order chi connectivity index (χ0) is 19.3. The van der Waals surface area contributed by atoms with Crippen molar-refractivity contribution < 1.29 is 9.21 Å². The number of nitrogens with zero attached hydrogens (tertiary/aromatic N) is 4. The van der Waals surface area contributed by atoms with Crippen molar-refractivity contribution in [2.45, 2.75) is 26.4 Å². The lowest BCUT2D eigenvalue weighted by molar-refractivity contribution is -0.120. The van der Waals surface area contributed by atoms with Crippen LogP contribution >= 0.6 is 11.3 Å². The minimum atomic E-state index is -0.0826. The summed E-state index contributed by atoms with van der Waals surface area (Å²) in [6.45, 7) is 2.97. The predicted molar refractivity (Wildman–Crippen MR) is 106 cm³/mol. The number of nitrogens with one attached hydrogen (secondary N) is 1. The van der Waals surface area contributed by atoms with Gasteiger partial charge >= 0.3 is 0 Å². The van der Waals surface area contributed by atoms with Gasteiger partial charge in [0.1, 0.15) is 18.4 Å². The Kier molecular flexibility index (Phi) is 5.29. The lowest BCUT2D eigenvalue weighted by Gasteiger charge is -2.06. The smallest absolute Gasteiger partial charge is 0.236 e. The molecule has 0 atom stereocenters. The third-order valence-electron chi connectivity index (χ3n) is 4.28. The molecule has 0 spiro atoms. The van der Waals surface area contributed by atoms with Gasteiger partial charge in [0.15, 0.2) is 0 Å². The highest BCUT2D eigenvalue weighted by atomic mass is 32.1. The second kappa shape index (κ2) is 8.18. The van der Waals surface area contributed by atoms with Gasteiger partial charge in [0, 0.05) is 6.54 Å². The van der Waals surface area contributed by atoms with Crippen molar-refractivity contribution in [2.24, 2.45) is 0 Å². The topological polar surface area (TPSA) is 85.8 Å². The third kappa shape index (κ3) is 4.34. The summed E-state index contributed by atoms with van der Waals surface area (Å²) in [4.78, 5) is 21.7. The Labute approximate surface area is 166 Å². The van der Waals surface area contributed by atoms with Crippen LogP contribution in [0.15, 0.2) is 58.9 Å². The van der Waals surface area contributed by atoms with Gasteiger partial charge in [0.2, 0.25) is 11.8 Å². The summed E-state index contributed by atoms with van der Waals surface area (Å²) in [5.74, 6) is 1.16. The number of carbonyl (C=O) groups excluding carboxylic acids is 1. The van der Waals surface area contributed by atoms with Crippen LogP contribution in [0, 0.1) is 6.92 Å². The minimum Gasteiger partial charge on any atom is -0.440 e. The number of hydrogen-bond acceptors (Lipinski definition) is 6. The van der Waals surface area contributed by atoms with E-state index in [1.807, 2.05) is 48.7 Å². The van der Waals surface area contributed by atoms with Crippen molar-refractivity contribution in [1.82, 2.24) is 25.1 Å². The van der Waals surface area contributed by atoms with E-state index in [-0.39, 0.29) is 12.3 Å². The summed E-state index contributed by atoms with van der Waals surface area (Å²) in [7, 11) is 0. The fraction of sp³-hybridized carbons (Fsp3) is 0.200. The molecule has 1 N–H and O–H groups in total. The number of oxazole rings is 1. The first-order valence-electron chi connectivity index (χ1n) is 8.84. The molecular weight excluding hydrogens is 374 g/mol. The zero-order valence-electron chi connectivity index (χ0n) is 15.3. The molecule has 0 unspecified atom stereocenters. The number of benzene rings is 1. The molecule has 142 valence electrons. The van der Waals surface area contributed by atoms with Gasteiger partial charge in [0.25, 0.3) is 0 Å². The fourth-order valence-electron chi connectivity index (χ4n) is 2.78. The summed E-state index contributed by atoms with van der Waals surface area (Å²) in [6, 6.07) is 12.0. The maximum atomic E-state index is 12.3. The molecule has 0 radical (unpaired) electrons. The van der Waals surface area contributed by atoms with Gasteiger partial charge in [-0.25, -0.2) is 14.6 Å². The van der Waals surface area contributed by atoms with E-state index in [0.29, 0.717) is 30.4 Å². The molecular formula is C20H19N5O2S. The molecule has 8 heteroatoms. The van der Waals surface area contributed by atoms with Gasteiger partial charge in [-0.2, -0.15) is 5.10 Å². The maximum absolute atomic E-state index is 12.3. The fourth-order valence-corrected chi connectivity index (χ4v) is 3.43. The Bertz CT molecular complexity index is 1040. The number of amides is 1. The van der Waals surface area contributed by atoms with Crippen LogP contribution in [-0.4, -0.2) is 25.7 Å². The quantitative estimate of drug-likeness (QED) is 0.521. The predicted octanol–water partition coefficient (Wildman–Crippen LogP) is 3.21. The molecule has 0 saturated carbocycles. The van der Waals surface area contributed by atoms with Gasteiger partial charge in [-0.1, -0.05) is 30.3 Å². The lowest BCUT2D eigenvalue weighted by atomic mass is 10.1. The van der Waals surface area contributed by atoms with Crippen LogP contribution in [-0.2, 0) is 24.3 Å². The summed E-state index contributed by atoms with van der Waals surface area (Å²) < 4.78 is 7.45. The van der Waals surface area contributed by atoms with Crippen LogP contribution in [0.2, 0.25) is 0 Å². The molecule has 4 rings (SSSR count). The molecule has 3 aromatic heterocycles. The highest BCUT2D eigenvalue weighted by Crippen LogP contribution is 2.26. The molecule has 1 aromatic carbocycles. The number of aromatic nitrogens is 4. The van der Waals surface area contributed by atoms with Crippen LogP contribution in [0.1, 0.15) is 22.6 Å². The van der Waals surface area contributed by atoms with Gasteiger partial charge < -0.3 is 9.73 Å². The molecule has 0 aliphatic carbocycles. The van der Waals surface area contributed by atoms with Crippen molar-refractivity contribution in [3.63, 3.8) is 0 Å². The number of hydrogen-bond donors (Lipinski definition) is 1. The summed E-state index contributed by atoms with van der Waals surface area (Å²) in [5, 5.41) is 9.00. The third-order valence-corrected chi connectivity index (χ3v) is 5.13. The minimum absolute atomic E-state index is 0.0826. The molecule has 0 bridgehead atoms. The van der Waals surface area contributed by atoms with Crippen LogP contribution in [0.4, 0.5) is 0 Å². The van der Waals surface area contributed by atoms with Crippen LogP contribution in [0.25, 0.3) is 10.8 Å². The Morgan fingerprint density at radius 1 is 1.21 bits per heavy atom. The SMILES string of the molecule is Cc1oc(-c2cccs2)nc1CC(=O)NCc1ccc(Cn2cncn2)cc1. The van der Waals surface area contributed by atoms with Crippen LogP contribution in [0.5, 0.6) is 0 Å². The number of carbonyl (C=O) groups is 1. The second-order valence-corrected chi connectivity index (χ2v) is 7.31. The molecule has 0 saturated heterocycles. The van der Waals surface area contributed by atoms with Crippen LogP contribution < -0.4 is 5.32 Å². The van der Waals surface area contributed by atoms with Crippen molar-refractivity contribution in [3.05, 3.63) is 77.0 Å². The maximum Gasteiger partial charge on any atom is 0.236 e. The summed E-state index contributed by atoms with van der Waals surface area (Å²) in [5.41, 5.74) is 2.83. The van der Waals surface area contributed by atoms with Crippen molar-refractivity contribution in [2.75, 3.05) is 0 Å². The monoisotopic (exact) mass is 393 g/mol. The van der Waals surface area contributed by atoms with Crippen molar-refractivity contribution >= 4 is 17.2 Å². The van der Waals surface area contributed by atoms with E-state index < -0.39 is 0 Å². The average Bonchev–Trinajstić information content (AvgIpc) is 3.44. The van der Waals surface area contributed by atoms with E-state index in [0.717, 1.165) is 16.0 Å². The number of rotatable bonds is 7. The molecule has 7 nitrogen and oxygen atoms in total. The van der Waals surface area contributed by atoms with E-state index >= 15 is 0 Å². The molecule has 4 aromatic rings. The normalized spacial score (nSPS) is 10.9. The summed E-state index contributed by atoms with van der Waals surface area (Å²) in [6.07, 6.45) is 3.40. The van der Waals surface area contributed by atoms with E-state index in [1.54, 1.807) is 22.3 Å². The molecule has 28 heavy (non-hydrogen) atoms. The highest BCUT2D eigenvalue weighted by Gasteiger charge is 2.15. The Hall–Kier alpha value is -3.26. The van der Waals surface area contributed by atoms with Crippen LogP contribution in [0.3, 0.4) is 0 Å². The first-order valence-corrected chi connectivity index (χ1v) is 9.72. The molecule has 0 fully saturated rings. The van der Waals surface area contributed by atoms with Gasteiger partial charge in [-0.15, -0.1) is 11.3 Å². The molecule has 0 aliphatic rings.